The molecule has 1 N–H and O–H groups in total. The number of nitrogens with one attached hydrogen (secondary N) is 1. The van der Waals surface area contributed by atoms with Gasteiger partial charge in [0.1, 0.15) is 12.4 Å². The van der Waals surface area contributed by atoms with Crippen molar-refractivity contribution in [3.63, 3.8) is 0 Å². The van der Waals surface area contributed by atoms with Crippen LogP contribution in [0.2, 0.25) is 0 Å². The van der Waals surface area contributed by atoms with Crippen molar-refractivity contribution in [1.82, 2.24) is 5.32 Å². The minimum absolute atomic E-state index is 0.617. The van der Waals surface area contributed by atoms with Crippen molar-refractivity contribution >= 4 is 15.9 Å². The van der Waals surface area contributed by atoms with E-state index in [1.54, 1.807) is 0 Å². The molecule has 0 bridgehead atoms. The Kier molecular flexibility index (Phi) is 7.17. The van der Waals surface area contributed by atoms with Crippen LogP contribution < -0.4 is 10.1 Å². The van der Waals surface area contributed by atoms with E-state index in [4.69, 9.17) is 4.74 Å². The molecular weight excluding hydrogens is 302 g/mol. The average molecular weight is 326 g/mol. The quantitative estimate of drug-likeness (QED) is 0.743. The van der Waals surface area contributed by atoms with Crippen LogP contribution in [0.5, 0.6) is 5.75 Å². The molecule has 0 saturated heterocycles. The van der Waals surface area contributed by atoms with Crippen molar-refractivity contribution in [2.45, 2.75) is 34.2 Å². The topological polar surface area (TPSA) is 21.3 Å². The summed E-state index contributed by atoms with van der Waals surface area (Å²) in [6.07, 6.45) is 2.07. The zero-order valence-corrected chi connectivity index (χ0v) is 13.9. The first-order valence-electron chi connectivity index (χ1n) is 6.74. The molecule has 0 spiro atoms. The third-order valence-electron chi connectivity index (χ3n) is 2.61. The summed E-state index contributed by atoms with van der Waals surface area (Å²) in [6, 6.07) is 6.25. The monoisotopic (exact) mass is 325 g/mol. The fourth-order valence-electron chi connectivity index (χ4n) is 1.57. The van der Waals surface area contributed by atoms with Gasteiger partial charge in [-0.2, -0.15) is 0 Å². The number of hydrogen-bond acceptors (Lipinski definition) is 2. The molecule has 2 nitrogen and oxygen atoms in total. The minimum atomic E-state index is 0.617. The summed E-state index contributed by atoms with van der Waals surface area (Å²) in [5.41, 5.74) is 2.53. The van der Waals surface area contributed by atoms with E-state index < -0.39 is 0 Å². The molecular formula is C16H24BrNO. The maximum atomic E-state index is 5.70. The molecule has 0 fully saturated rings. The molecule has 0 amide bonds. The number of benzene rings is 1. The van der Waals surface area contributed by atoms with Crippen LogP contribution in [0.3, 0.4) is 0 Å². The largest absolute Gasteiger partial charge is 0.488 e. The summed E-state index contributed by atoms with van der Waals surface area (Å²) >= 11 is 3.56. The van der Waals surface area contributed by atoms with Crippen molar-refractivity contribution in [3.05, 3.63) is 39.9 Å². The van der Waals surface area contributed by atoms with E-state index in [1.807, 2.05) is 6.07 Å². The normalized spacial score (nSPS) is 10.6. The van der Waals surface area contributed by atoms with Gasteiger partial charge in [0.2, 0.25) is 0 Å². The fraction of sp³-hybridized carbons (Fsp3) is 0.500. The van der Waals surface area contributed by atoms with Crippen molar-refractivity contribution in [2.24, 2.45) is 5.92 Å². The molecule has 1 rings (SSSR count). The molecule has 0 unspecified atom stereocenters. The lowest BCUT2D eigenvalue weighted by atomic mass is 10.2. The third kappa shape index (κ3) is 6.79. The Morgan fingerprint density at radius 2 is 2.11 bits per heavy atom. The molecule has 0 saturated carbocycles. The maximum Gasteiger partial charge on any atom is 0.133 e. The van der Waals surface area contributed by atoms with Gasteiger partial charge in [-0.1, -0.05) is 25.5 Å². The lowest BCUT2D eigenvalue weighted by Gasteiger charge is -2.10. The second-order valence-corrected chi connectivity index (χ2v) is 6.24. The van der Waals surface area contributed by atoms with Gasteiger partial charge < -0.3 is 10.1 Å². The summed E-state index contributed by atoms with van der Waals surface area (Å²) in [6.45, 7) is 11.1. The number of ether oxygens (including phenoxy) is 1. The highest BCUT2D eigenvalue weighted by Crippen LogP contribution is 2.26. The van der Waals surface area contributed by atoms with Gasteiger partial charge in [0, 0.05) is 6.54 Å². The van der Waals surface area contributed by atoms with Gasteiger partial charge in [-0.15, -0.1) is 0 Å². The van der Waals surface area contributed by atoms with Crippen LogP contribution in [0.1, 0.15) is 33.3 Å². The number of halogens is 1. The Bertz CT molecular complexity index is 423. The molecule has 1 aromatic carbocycles. The Morgan fingerprint density at radius 3 is 2.68 bits per heavy atom. The van der Waals surface area contributed by atoms with Gasteiger partial charge in [0.05, 0.1) is 4.47 Å². The van der Waals surface area contributed by atoms with Gasteiger partial charge in [-0.3, -0.25) is 0 Å². The first kappa shape index (κ1) is 16.3. The molecule has 0 heterocycles. The highest BCUT2D eigenvalue weighted by molar-refractivity contribution is 9.10. The summed E-state index contributed by atoms with van der Waals surface area (Å²) in [4.78, 5) is 0. The van der Waals surface area contributed by atoms with Gasteiger partial charge in [0.25, 0.3) is 0 Å². The summed E-state index contributed by atoms with van der Waals surface area (Å²) in [5.74, 6) is 1.57. The van der Waals surface area contributed by atoms with E-state index in [0.29, 0.717) is 12.5 Å². The van der Waals surface area contributed by atoms with Crippen LogP contribution in [0.15, 0.2) is 34.3 Å². The second-order valence-electron chi connectivity index (χ2n) is 5.38. The van der Waals surface area contributed by atoms with E-state index in [9.17, 15) is 0 Å². The predicted molar refractivity (Wildman–Crippen MR) is 85.6 cm³/mol. The molecule has 0 atom stereocenters. The molecule has 0 aromatic heterocycles. The van der Waals surface area contributed by atoms with Crippen molar-refractivity contribution in [2.75, 3.05) is 13.2 Å². The van der Waals surface area contributed by atoms with Crippen molar-refractivity contribution < 1.29 is 4.74 Å². The van der Waals surface area contributed by atoms with E-state index in [1.165, 1.54) is 11.1 Å². The Labute approximate surface area is 125 Å². The number of allylic oxidation sites excluding steroid dienone is 1. The highest BCUT2D eigenvalue weighted by atomic mass is 79.9. The van der Waals surface area contributed by atoms with Gasteiger partial charge >= 0.3 is 0 Å². The van der Waals surface area contributed by atoms with Crippen LogP contribution in [-0.4, -0.2) is 13.2 Å². The summed E-state index contributed by atoms with van der Waals surface area (Å²) in [5, 5.41) is 3.43. The Hall–Kier alpha value is -0.800. The molecule has 106 valence electrons. The van der Waals surface area contributed by atoms with Crippen LogP contribution in [0, 0.1) is 5.92 Å². The van der Waals surface area contributed by atoms with Crippen LogP contribution in [0.4, 0.5) is 0 Å². The van der Waals surface area contributed by atoms with E-state index in [2.05, 4.69) is 67.2 Å². The highest BCUT2D eigenvalue weighted by Gasteiger charge is 2.02. The maximum absolute atomic E-state index is 5.70. The van der Waals surface area contributed by atoms with E-state index in [-0.39, 0.29) is 0 Å². The van der Waals surface area contributed by atoms with Gasteiger partial charge in [-0.05, 0) is 66.0 Å². The predicted octanol–water partition coefficient (Wildman–Crippen LogP) is 4.54. The smallest absolute Gasteiger partial charge is 0.133 e. The third-order valence-corrected chi connectivity index (χ3v) is 3.23. The molecule has 1 aromatic rings. The van der Waals surface area contributed by atoms with Crippen molar-refractivity contribution in [1.29, 1.82) is 0 Å². The molecule has 19 heavy (non-hydrogen) atoms. The molecule has 3 heteroatoms. The zero-order chi connectivity index (χ0) is 14.3. The Balaban J connectivity index is 2.52. The van der Waals surface area contributed by atoms with Crippen LogP contribution in [-0.2, 0) is 6.54 Å². The van der Waals surface area contributed by atoms with Crippen LogP contribution >= 0.6 is 15.9 Å². The lowest BCUT2D eigenvalue weighted by Crippen LogP contribution is -2.18. The SMILES string of the molecule is CC(C)=CCOc1ccc(CNCC(C)C)cc1Br. The van der Waals surface area contributed by atoms with E-state index in [0.717, 1.165) is 23.3 Å². The van der Waals surface area contributed by atoms with Gasteiger partial charge in [-0.25, -0.2) is 0 Å². The fourth-order valence-corrected chi connectivity index (χ4v) is 2.12. The number of hydrogen-bond donors (Lipinski definition) is 1. The Morgan fingerprint density at radius 1 is 1.37 bits per heavy atom. The first-order valence-corrected chi connectivity index (χ1v) is 7.53. The van der Waals surface area contributed by atoms with Crippen LogP contribution in [0.25, 0.3) is 0 Å². The molecule has 0 aliphatic carbocycles. The van der Waals surface area contributed by atoms with E-state index >= 15 is 0 Å². The summed E-state index contributed by atoms with van der Waals surface area (Å²) in [7, 11) is 0. The molecule has 0 aliphatic rings. The summed E-state index contributed by atoms with van der Waals surface area (Å²) < 4.78 is 6.71. The van der Waals surface area contributed by atoms with Gasteiger partial charge in [0.15, 0.2) is 0 Å². The second kappa shape index (κ2) is 8.39. The lowest BCUT2D eigenvalue weighted by molar-refractivity contribution is 0.359. The zero-order valence-electron chi connectivity index (χ0n) is 12.3. The standard InChI is InChI=1S/C16H24BrNO/c1-12(2)7-8-19-16-6-5-14(9-15(16)17)11-18-10-13(3)4/h5-7,9,13,18H,8,10-11H2,1-4H3. The molecule has 0 aliphatic heterocycles. The first-order chi connectivity index (χ1) is 8.99. The molecule has 0 radical (unpaired) electrons. The average Bonchev–Trinajstić information content (AvgIpc) is 2.31. The van der Waals surface area contributed by atoms with Crippen molar-refractivity contribution in [3.8, 4) is 5.75 Å². The number of rotatable bonds is 7. The minimum Gasteiger partial charge on any atom is -0.488 e.